The Bertz CT molecular complexity index is 397. The van der Waals surface area contributed by atoms with Gasteiger partial charge in [-0.1, -0.05) is 28.1 Å². The molecule has 1 fully saturated rings. The van der Waals surface area contributed by atoms with Crippen LogP contribution in [0.1, 0.15) is 5.56 Å². The van der Waals surface area contributed by atoms with E-state index in [0.717, 1.165) is 39.1 Å². The third kappa shape index (κ3) is 4.88. The van der Waals surface area contributed by atoms with Crippen molar-refractivity contribution in [3.8, 4) is 0 Å². The second-order valence-corrected chi connectivity index (χ2v) is 6.40. The van der Waals surface area contributed by atoms with Gasteiger partial charge in [-0.25, -0.2) is 0 Å². The van der Waals surface area contributed by atoms with Gasteiger partial charge < -0.3 is 10.2 Å². The van der Waals surface area contributed by atoms with Crippen LogP contribution >= 0.6 is 15.9 Å². The van der Waals surface area contributed by atoms with Gasteiger partial charge in [-0.05, 0) is 38.2 Å². The van der Waals surface area contributed by atoms with Crippen LogP contribution in [-0.2, 0) is 6.42 Å². The van der Waals surface area contributed by atoms with Crippen LogP contribution < -0.4 is 5.32 Å². The Hall–Kier alpha value is -0.420. The van der Waals surface area contributed by atoms with Crippen molar-refractivity contribution in [2.24, 2.45) is 0 Å². The molecule has 0 saturated carbocycles. The predicted molar refractivity (Wildman–Crippen MR) is 84.6 cm³/mol. The van der Waals surface area contributed by atoms with Gasteiger partial charge in [0.2, 0.25) is 0 Å². The molecular formula is C15H24BrN3. The molecule has 1 aromatic rings. The first kappa shape index (κ1) is 15.0. The summed E-state index contributed by atoms with van der Waals surface area (Å²) in [7, 11) is 4.45. The van der Waals surface area contributed by atoms with Gasteiger partial charge in [0.25, 0.3) is 0 Å². The molecule has 19 heavy (non-hydrogen) atoms. The Labute approximate surface area is 125 Å². The Morgan fingerprint density at radius 1 is 1.47 bits per heavy atom. The Kier molecular flexibility index (Phi) is 5.82. The fourth-order valence-corrected chi connectivity index (χ4v) is 2.98. The highest BCUT2D eigenvalue weighted by Crippen LogP contribution is 2.12. The Morgan fingerprint density at radius 3 is 3.05 bits per heavy atom. The number of halogens is 1. The lowest BCUT2D eigenvalue weighted by molar-refractivity contribution is 0.153. The second-order valence-electron chi connectivity index (χ2n) is 5.48. The lowest BCUT2D eigenvalue weighted by atomic mass is 10.1. The molecule has 1 heterocycles. The fourth-order valence-electron chi connectivity index (χ4n) is 2.53. The van der Waals surface area contributed by atoms with E-state index in [9.17, 15) is 0 Å². The van der Waals surface area contributed by atoms with Crippen LogP contribution in [0.25, 0.3) is 0 Å². The van der Waals surface area contributed by atoms with Crippen molar-refractivity contribution < 1.29 is 0 Å². The summed E-state index contributed by atoms with van der Waals surface area (Å²) in [6, 6.07) is 9.24. The van der Waals surface area contributed by atoms with Crippen molar-refractivity contribution >= 4 is 15.9 Å². The largest absolute Gasteiger partial charge is 0.314 e. The number of rotatable bonds is 5. The quantitative estimate of drug-likeness (QED) is 0.891. The first-order valence-corrected chi connectivity index (χ1v) is 7.78. The van der Waals surface area contributed by atoms with E-state index in [1.54, 1.807) is 0 Å². The maximum absolute atomic E-state index is 3.53. The van der Waals surface area contributed by atoms with Crippen molar-refractivity contribution in [1.29, 1.82) is 0 Å². The predicted octanol–water partition coefficient (Wildman–Crippen LogP) is 1.83. The molecule has 1 saturated heterocycles. The fraction of sp³-hybridized carbons (Fsp3) is 0.600. The molecule has 1 unspecified atom stereocenters. The average Bonchev–Trinajstić information content (AvgIpc) is 2.39. The van der Waals surface area contributed by atoms with Gasteiger partial charge >= 0.3 is 0 Å². The number of likely N-dealkylation sites (N-methyl/N-ethyl adjacent to an activating group) is 2. The first-order valence-electron chi connectivity index (χ1n) is 6.99. The molecule has 1 aromatic carbocycles. The smallest absolute Gasteiger partial charge is 0.0345 e. The van der Waals surface area contributed by atoms with Gasteiger partial charge in [-0.15, -0.1) is 0 Å². The summed E-state index contributed by atoms with van der Waals surface area (Å²) in [4.78, 5) is 4.90. The highest BCUT2D eigenvalue weighted by Gasteiger charge is 2.19. The van der Waals surface area contributed by atoms with E-state index in [-0.39, 0.29) is 0 Å². The van der Waals surface area contributed by atoms with Gasteiger partial charge in [0, 0.05) is 43.2 Å². The molecule has 2 rings (SSSR count). The monoisotopic (exact) mass is 325 g/mol. The molecule has 3 nitrogen and oxygen atoms in total. The first-order chi connectivity index (χ1) is 9.15. The molecule has 1 aliphatic rings. The highest BCUT2D eigenvalue weighted by molar-refractivity contribution is 9.10. The molecule has 4 heteroatoms. The van der Waals surface area contributed by atoms with E-state index < -0.39 is 0 Å². The van der Waals surface area contributed by atoms with E-state index >= 15 is 0 Å². The second kappa shape index (κ2) is 7.39. The molecule has 0 radical (unpaired) electrons. The van der Waals surface area contributed by atoms with E-state index in [1.165, 1.54) is 10.0 Å². The van der Waals surface area contributed by atoms with Crippen molar-refractivity contribution in [2.45, 2.75) is 12.5 Å². The standard InChI is InChI=1S/C15H24BrN3/c1-18(12-15-11-17-7-9-19(15)2)8-6-13-4-3-5-14(16)10-13/h3-5,10,15,17H,6-9,11-12H2,1-2H3. The van der Waals surface area contributed by atoms with Crippen LogP contribution in [0.4, 0.5) is 0 Å². The van der Waals surface area contributed by atoms with Crippen LogP contribution in [0.3, 0.4) is 0 Å². The summed E-state index contributed by atoms with van der Waals surface area (Å²) in [6.45, 7) is 5.63. The maximum atomic E-state index is 3.53. The highest BCUT2D eigenvalue weighted by atomic mass is 79.9. The summed E-state index contributed by atoms with van der Waals surface area (Å²) >= 11 is 3.53. The lowest BCUT2D eigenvalue weighted by Crippen LogP contribution is -2.53. The van der Waals surface area contributed by atoms with Gasteiger partial charge in [0.1, 0.15) is 0 Å². The molecule has 1 aliphatic heterocycles. The summed E-state index contributed by atoms with van der Waals surface area (Å²) in [5, 5.41) is 3.48. The summed E-state index contributed by atoms with van der Waals surface area (Å²) in [6.07, 6.45) is 1.11. The summed E-state index contributed by atoms with van der Waals surface area (Å²) in [5.74, 6) is 0. The topological polar surface area (TPSA) is 18.5 Å². The number of hydrogen-bond donors (Lipinski definition) is 1. The van der Waals surface area contributed by atoms with Gasteiger partial charge in [0.15, 0.2) is 0 Å². The van der Waals surface area contributed by atoms with Crippen molar-refractivity contribution in [3.05, 3.63) is 34.3 Å². The third-order valence-electron chi connectivity index (χ3n) is 3.84. The molecule has 0 bridgehead atoms. The zero-order valence-corrected chi connectivity index (χ0v) is 13.5. The van der Waals surface area contributed by atoms with Crippen LogP contribution in [0, 0.1) is 0 Å². The molecule has 0 aliphatic carbocycles. The van der Waals surface area contributed by atoms with Crippen LogP contribution in [0.2, 0.25) is 0 Å². The van der Waals surface area contributed by atoms with Gasteiger partial charge in [-0.2, -0.15) is 0 Å². The van der Waals surface area contributed by atoms with Crippen LogP contribution in [-0.4, -0.2) is 62.7 Å². The molecule has 106 valence electrons. The van der Waals surface area contributed by atoms with Gasteiger partial charge in [-0.3, -0.25) is 4.90 Å². The molecule has 0 spiro atoms. The third-order valence-corrected chi connectivity index (χ3v) is 4.33. The minimum absolute atomic E-state index is 0.640. The molecule has 0 amide bonds. The SMILES string of the molecule is CN(CCc1cccc(Br)c1)CC1CNCCN1C. The minimum Gasteiger partial charge on any atom is -0.314 e. The van der Waals surface area contributed by atoms with E-state index in [0.29, 0.717) is 6.04 Å². The average molecular weight is 326 g/mol. The van der Waals surface area contributed by atoms with Crippen molar-refractivity contribution in [3.63, 3.8) is 0 Å². The molecule has 1 N–H and O–H groups in total. The van der Waals surface area contributed by atoms with E-state index in [2.05, 4.69) is 69.4 Å². The Balaban J connectivity index is 1.76. The van der Waals surface area contributed by atoms with E-state index in [4.69, 9.17) is 0 Å². The number of nitrogens with one attached hydrogen (secondary N) is 1. The minimum atomic E-state index is 0.640. The lowest BCUT2D eigenvalue weighted by Gasteiger charge is -2.35. The zero-order valence-electron chi connectivity index (χ0n) is 11.9. The number of piperazine rings is 1. The van der Waals surface area contributed by atoms with Crippen LogP contribution in [0.5, 0.6) is 0 Å². The molecule has 0 aromatic heterocycles. The number of hydrogen-bond acceptors (Lipinski definition) is 3. The zero-order chi connectivity index (χ0) is 13.7. The van der Waals surface area contributed by atoms with Gasteiger partial charge in [0.05, 0.1) is 0 Å². The molecular weight excluding hydrogens is 302 g/mol. The van der Waals surface area contributed by atoms with Crippen molar-refractivity contribution in [1.82, 2.24) is 15.1 Å². The van der Waals surface area contributed by atoms with E-state index in [1.807, 2.05) is 0 Å². The molecule has 1 atom stereocenters. The van der Waals surface area contributed by atoms with Crippen molar-refractivity contribution in [2.75, 3.05) is 46.8 Å². The van der Waals surface area contributed by atoms with Crippen LogP contribution in [0.15, 0.2) is 28.7 Å². The maximum Gasteiger partial charge on any atom is 0.0345 e. The number of nitrogens with zero attached hydrogens (tertiary/aromatic N) is 2. The number of benzene rings is 1. The Morgan fingerprint density at radius 2 is 2.32 bits per heavy atom. The normalized spacial score (nSPS) is 20.9. The summed E-state index contributed by atoms with van der Waals surface area (Å²) < 4.78 is 1.17. The summed E-state index contributed by atoms with van der Waals surface area (Å²) in [5.41, 5.74) is 1.40.